The number of carbonyl (C=O) groups is 1. The van der Waals surface area contributed by atoms with Crippen molar-refractivity contribution in [2.24, 2.45) is 0 Å². The summed E-state index contributed by atoms with van der Waals surface area (Å²) >= 11 is 18.2. The van der Waals surface area contributed by atoms with Crippen LogP contribution in [0.4, 0.5) is 0 Å². The van der Waals surface area contributed by atoms with Gasteiger partial charge in [0.05, 0.1) is 0 Å². The molecule has 1 aromatic rings. The van der Waals surface area contributed by atoms with Crippen molar-refractivity contribution >= 4 is 40.7 Å². The van der Waals surface area contributed by atoms with Crippen molar-refractivity contribution in [3.05, 3.63) is 33.8 Å². The average molecular weight is 319 g/mol. The molecule has 2 atom stereocenters. The van der Waals surface area contributed by atoms with Gasteiger partial charge in [0.2, 0.25) is 0 Å². The predicted molar refractivity (Wildman–Crippen MR) is 78.3 cm³/mol. The molecule has 2 nitrogen and oxygen atoms in total. The largest absolute Gasteiger partial charge is 0.333 e. The lowest BCUT2D eigenvalue weighted by molar-refractivity contribution is 0.0599. The molecule has 2 fully saturated rings. The van der Waals surface area contributed by atoms with E-state index in [-0.39, 0.29) is 23.4 Å². The summed E-state index contributed by atoms with van der Waals surface area (Å²) in [4.78, 5) is 14.6. The molecular formula is C14H14Cl3NO. The Morgan fingerprint density at radius 1 is 1.05 bits per heavy atom. The molecule has 2 bridgehead atoms. The van der Waals surface area contributed by atoms with Crippen molar-refractivity contribution in [3.8, 4) is 0 Å². The number of carbonyl (C=O) groups excluding carboxylic acids is 1. The summed E-state index contributed by atoms with van der Waals surface area (Å²) in [5, 5.41) is 1.19. The maximum Gasteiger partial charge on any atom is 0.254 e. The number of amides is 1. The first kappa shape index (κ1) is 13.5. The van der Waals surface area contributed by atoms with E-state index in [1.54, 1.807) is 18.2 Å². The molecule has 0 spiro atoms. The van der Waals surface area contributed by atoms with Crippen molar-refractivity contribution in [1.82, 2.24) is 4.90 Å². The van der Waals surface area contributed by atoms with Crippen LogP contribution in [0.25, 0.3) is 0 Å². The predicted octanol–water partition coefficient (Wildman–Crippen LogP) is 4.37. The number of hydrogen-bond acceptors (Lipinski definition) is 1. The van der Waals surface area contributed by atoms with E-state index in [0.29, 0.717) is 15.6 Å². The quantitative estimate of drug-likeness (QED) is 0.704. The highest BCUT2D eigenvalue weighted by atomic mass is 35.5. The fourth-order valence-electron chi connectivity index (χ4n) is 3.27. The van der Waals surface area contributed by atoms with E-state index in [9.17, 15) is 4.79 Å². The Labute approximate surface area is 127 Å². The van der Waals surface area contributed by atoms with Gasteiger partial charge in [0.25, 0.3) is 5.91 Å². The molecule has 0 N–H and O–H groups in total. The van der Waals surface area contributed by atoms with Crippen LogP contribution in [-0.4, -0.2) is 28.3 Å². The molecule has 2 saturated heterocycles. The minimum Gasteiger partial charge on any atom is -0.333 e. The first-order valence-corrected chi connectivity index (χ1v) is 7.66. The molecule has 1 aromatic carbocycles. The molecule has 102 valence electrons. The van der Waals surface area contributed by atoms with Crippen LogP contribution in [0.3, 0.4) is 0 Å². The minimum absolute atomic E-state index is 0.0282. The Kier molecular flexibility index (Phi) is 3.67. The van der Waals surface area contributed by atoms with Crippen LogP contribution >= 0.6 is 34.8 Å². The van der Waals surface area contributed by atoms with Gasteiger partial charge in [-0.1, -0.05) is 23.2 Å². The third-order valence-corrected chi connectivity index (χ3v) is 4.81. The summed E-state index contributed by atoms with van der Waals surface area (Å²) in [5.41, 5.74) is 0.572. The number of alkyl halides is 1. The monoisotopic (exact) mass is 317 g/mol. The van der Waals surface area contributed by atoms with E-state index in [2.05, 4.69) is 0 Å². The summed E-state index contributed by atoms with van der Waals surface area (Å²) < 4.78 is 0. The summed E-state index contributed by atoms with van der Waals surface area (Å²) in [6.07, 6.45) is 3.87. The minimum atomic E-state index is 0.0282. The number of nitrogens with zero attached hydrogens (tertiary/aromatic N) is 1. The van der Waals surface area contributed by atoms with Gasteiger partial charge in [-0.15, -0.1) is 11.6 Å². The lowest BCUT2D eigenvalue weighted by Gasteiger charge is -2.37. The first-order chi connectivity index (χ1) is 9.04. The maximum atomic E-state index is 12.6. The molecule has 0 saturated carbocycles. The number of hydrogen-bond donors (Lipinski definition) is 0. The van der Waals surface area contributed by atoms with Gasteiger partial charge < -0.3 is 4.90 Å². The zero-order chi connectivity index (χ0) is 13.6. The van der Waals surface area contributed by atoms with E-state index in [4.69, 9.17) is 34.8 Å². The molecule has 2 aliphatic rings. The summed E-state index contributed by atoms with van der Waals surface area (Å²) in [6.45, 7) is 0. The summed E-state index contributed by atoms with van der Waals surface area (Å²) in [5.74, 6) is 0.0282. The molecule has 19 heavy (non-hydrogen) atoms. The Morgan fingerprint density at radius 3 is 2.11 bits per heavy atom. The van der Waals surface area contributed by atoms with Crippen molar-refractivity contribution < 1.29 is 4.79 Å². The summed E-state index contributed by atoms with van der Waals surface area (Å²) in [7, 11) is 0. The Hall–Kier alpha value is -0.440. The topological polar surface area (TPSA) is 20.3 Å². The van der Waals surface area contributed by atoms with Gasteiger partial charge in [-0.05, 0) is 43.9 Å². The highest BCUT2D eigenvalue weighted by Crippen LogP contribution is 2.39. The lowest BCUT2D eigenvalue weighted by atomic mass is 10.0. The number of fused-ring (bicyclic) bond motifs is 2. The fraction of sp³-hybridized carbons (Fsp3) is 0.500. The molecule has 1 amide bonds. The van der Waals surface area contributed by atoms with Crippen LogP contribution in [0.15, 0.2) is 18.2 Å². The number of benzene rings is 1. The standard InChI is InChI=1S/C14H14Cl3NO/c15-9-3-8(4-10(16)5-9)14(19)18-12-1-2-13(18)7-11(17)6-12/h3-5,11-13H,1-2,6-7H2. The van der Waals surface area contributed by atoms with E-state index >= 15 is 0 Å². The second-order valence-electron chi connectivity index (χ2n) is 5.32. The van der Waals surface area contributed by atoms with Gasteiger partial charge in [-0.25, -0.2) is 0 Å². The van der Waals surface area contributed by atoms with Crippen molar-refractivity contribution in [2.45, 2.75) is 43.1 Å². The van der Waals surface area contributed by atoms with Crippen LogP contribution in [0.2, 0.25) is 10.0 Å². The van der Waals surface area contributed by atoms with E-state index in [1.165, 1.54) is 0 Å². The second kappa shape index (κ2) is 5.16. The molecule has 0 aliphatic carbocycles. The number of rotatable bonds is 1. The van der Waals surface area contributed by atoms with Crippen LogP contribution in [0.5, 0.6) is 0 Å². The van der Waals surface area contributed by atoms with Crippen LogP contribution in [0.1, 0.15) is 36.0 Å². The SMILES string of the molecule is O=C(c1cc(Cl)cc(Cl)c1)N1C2CCC1CC(Cl)C2. The fourth-order valence-corrected chi connectivity index (χ4v) is 4.21. The Morgan fingerprint density at radius 2 is 1.58 bits per heavy atom. The van der Waals surface area contributed by atoms with Gasteiger partial charge >= 0.3 is 0 Å². The van der Waals surface area contributed by atoms with Gasteiger partial charge in [-0.3, -0.25) is 4.79 Å². The molecule has 0 radical (unpaired) electrons. The van der Waals surface area contributed by atoms with Gasteiger partial charge in [0, 0.05) is 33.1 Å². The van der Waals surface area contributed by atoms with Gasteiger partial charge in [-0.2, -0.15) is 0 Å². The number of halogens is 3. The van der Waals surface area contributed by atoms with Crippen molar-refractivity contribution in [3.63, 3.8) is 0 Å². The molecule has 3 rings (SSSR count). The normalized spacial score (nSPS) is 29.6. The third kappa shape index (κ3) is 2.58. The average Bonchev–Trinajstić information content (AvgIpc) is 2.59. The molecule has 2 unspecified atom stereocenters. The van der Waals surface area contributed by atoms with Crippen molar-refractivity contribution in [1.29, 1.82) is 0 Å². The van der Waals surface area contributed by atoms with E-state index < -0.39 is 0 Å². The molecule has 0 aromatic heterocycles. The van der Waals surface area contributed by atoms with Crippen molar-refractivity contribution in [2.75, 3.05) is 0 Å². The molecule has 5 heteroatoms. The Bertz CT molecular complexity index is 485. The zero-order valence-electron chi connectivity index (χ0n) is 10.3. The molecule has 2 aliphatic heterocycles. The third-order valence-electron chi connectivity index (χ3n) is 4.02. The highest BCUT2D eigenvalue weighted by Gasteiger charge is 2.42. The number of piperidine rings is 1. The molecular weight excluding hydrogens is 305 g/mol. The first-order valence-electron chi connectivity index (χ1n) is 6.47. The second-order valence-corrected chi connectivity index (χ2v) is 6.81. The highest BCUT2D eigenvalue weighted by molar-refractivity contribution is 6.35. The van der Waals surface area contributed by atoms with E-state index in [1.807, 2.05) is 4.90 Å². The van der Waals surface area contributed by atoms with E-state index in [0.717, 1.165) is 25.7 Å². The molecule has 2 heterocycles. The smallest absolute Gasteiger partial charge is 0.254 e. The Balaban J connectivity index is 1.88. The van der Waals surface area contributed by atoms with Gasteiger partial charge in [0.15, 0.2) is 0 Å². The van der Waals surface area contributed by atoms with Crippen LogP contribution in [-0.2, 0) is 0 Å². The summed E-state index contributed by atoms with van der Waals surface area (Å²) in [6, 6.07) is 5.54. The zero-order valence-corrected chi connectivity index (χ0v) is 12.5. The maximum absolute atomic E-state index is 12.6. The van der Waals surface area contributed by atoms with Gasteiger partial charge in [0.1, 0.15) is 0 Å². The lowest BCUT2D eigenvalue weighted by Crippen LogP contribution is -2.46. The van der Waals surface area contributed by atoms with Crippen LogP contribution in [0, 0.1) is 0 Å². The van der Waals surface area contributed by atoms with Crippen LogP contribution < -0.4 is 0 Å².